The summed E-state index contributed by atoms with van der Waals surface area (Å²) >= 11 is 5.86. The van der Waals surface area contributed by atoms with Gasteiger partial charge in [0.15, 0.2) is 5.69 Å². The molecule has 2 rings (SSSR count). The first kappa shape index (κ1) is 12.9. The van der Waals surface area contributed by atoms with Gasteiger partial charge in [-0.15, -0.1) is 0 Å². The second kappa shape index (κ2) is 5.00. The van der Waals surface area contributed by atoms with Crippen LogP contribution in [0.4, 0.5) is 5.82 Å². The zero-order valence-electron chi connectivity index (χ0n) is 9.67. The maximum Gasteiger partial charge on any atom is 0.357 e. The van der Waals surface area contributed by atoms with Crippen LogP contribution >= 0.6 is 11.6 Å². The Morgan fingerprint density at radius 1 is 1.58 bits per heavy atom. The van der Waals surface area contributed by atoms with Crippen LogP contribution in [-0.4, -0.2) is 20.9 Å². The number of anilines is 1. The van der Waals surface area contributed by atoms with E-state index in [1.165, 1.54) is 4.68 Å². The van der Waals surface area contributed by atoms with Crippen molar-refractivity contribution in [2.24, 2.45) is 0 Å². The van der Waals surface area contributed by atoms with Crippen molar-refractivity contribution < 1.29 is 9.90 Å². The molecule has 0 atom stereocenters. The van der Waals surface area contributed by atoms with Gasteiger partial charge in [0, 0.05) is 5.02 Å². The Balaban J connectivity index is 2.42. The molecule has 0 saturated heterocycles. The number of halogens is 1. The molecule has 0 spiro atoms. The standard InChI is InChI=1S/C12H9ClN4O2/c13-8-3-1-2-7(4-8)6-17-11(15)9(5-14)10(16-17)12(18)19/h1-4H,6,15H2,(H,18,19). The molecule has 7 heteroatoms. The van der Waals surface area contributed by atoms with E-state index in [-0.39, 0.29) is 23.6 Å². The van der Waals surface area contributed by atoms with Crippen molar-refractivity contribution in [1.82, 2.24) is 9.78 Å². The maximum atomic E-state index is 10.9. The molecule has 0 saturated carbocycles. The largest absolute Gasteiger partial charge is 0.476 e. The van der Waals surface area contributed by atoms with Gasteiger partial charge < -0.3 is 10.8 Å². The number of hydrogen-bond acceptors (Lipinski definition) is 4. The van der Waals surface area contributed by atoms with Crippen LogP contribution in [0, 0.1) is 11.3 Å². The van der Waals surface area contributed by atoms with E-state index in [0.717, 1.165) is 5.56 Å². The smallest absolute Gasteiger partial charge is 0.357 e. The van der Waals surface area contributed by atoms with Gasteiger partial charge >= 0.3 is 5.97 Å². The van der Waals surface area contributed by atoms with Crippen molar-refractivity contribution in [3.8, 4) is 6.07 Å². The average molecular weight is 277 g/mol. The minimum Gasteiger partial charge on any atom is -0.476 e. The summed E-state index contributed by atoms with van der Waals surface area (Å²) in [5, 5.41) is 22.2. The lowest BCUT2D eigenvalue weighted by atomic mass is 10.2. The van der Waals surface area contributed by atoms with Gasteiger partial charge in [-0.3, -0.25) is 0 Å². The van der Waals surface area contributed by atoms with Crippen LogP contribution in [0.1, 0.15) is 21.6 Å². The number of hydrogen-bond donors (Lipinski definition) is 2. The van der Waals surface area contributed by atoms with Crippen LogP contribution in [0.3, 0.4) is 0 Å². The summed E-state index contributed by atoms with van der Waals surface area (Å²) < 4.78 is 1.27. The highest BCUT2D eigenvalue weighted by Crippen LogP contribution is 2.18. The summed E-state index contributed by atoms with van der Waals surface area (Å²) in [6.07, 6.45) is 0. The Labute approximate surface area is 113 Å². The molecule has 2 aromatic rings. The molecule has 19 heavy (non-hydrogen) atoms. The van der Waals surface area contributed by atoms with Gasteiger partial charge in [-0.05, 0) is 17.7 Å². The number of carboxylic acids is 1. The Bertz CT molecular complexity index is 688. The van der Waals surface area contributed by atoms with E-state index in [1.54, 1.807) is 30.3 Å². The lowest BCUT2D eigenvalue weighted by Gasteiger charge is -2.04. The average Bonchev–Trinajstić information content (AvgIpc) is 2.66. The second-order valence-corrected chi connectivity index (χ2v) is 4.25. The topological polar surface area (TPSA) is 105 Å². The van der Waals surface area contributed by atoms with Gasteiger partial charge in [0.2, 0.25) is 0 Å². The number of aromatic carboxylic acids is 1. The van der Waals surface area contributed by atoms with E-state index in [4.69, 9.17) is 27.7 Å². The Morgan fingerprint density at radius 2 is 2.32 bits per heavy atom. The highest BCUT2D eigenvalue weighted by Gasteiger charge is 2.20. The Kier molecular flexibility index (Phi) is 3.40. The second-order valence-electron chi connectivity index (χ2n) is 3.81. The molecule has 3 N–H and O–H groups in total. The maximum absolute atomic E-state index is 10.9. The number of aromatic nitrogens is 2. The quantitative estimate of drug-likeness (QED) is 0.888. The van der Waals surface area contributed by atoms with Gasteiger partial charge in [0.1, 0.15) is 17.5 Å². The minimum atomic E-state index is -1.28. The zero-order valence-corrected chi connectivity index (χ0v) is 10.4. The van der Waals surface area contributed by atoms with Crippen LogP contribution in [0.15, 0.2) is 24.3 Å². The number of rotatable bonds is 3. The Morgan fingerprint density at radius 3 is 2.84 bits per heavy atom. The van der Waals surface area contributed by atoms with Crippen molar-refractivity contribution in [2.75, 3.05) is 5.73 Å². The first-order valence-corrected chi connectivity index (χ1v) is 5.65. The van der Waals surface area contributed by atoms with Gasteiger partial charge in [0.05, 0.1) is 6.54 Å². The summed E-state index contributed by atoms with van der Waals surface area (Å²) in [6, 6.07) is 8.76. The highest BCUT2D eigenvalue weighted by atomic mass is 35.5. The molecule has 1 aromatic carbocycles. The molecular weight excluding hydrogens is 268 g/mol. The van der Waals surface area contributed by atoms with E-state index in [1.807, 2.05) is 0 Å². The lowest BCUT2D eigenvalue weighted by molar-refractivity contribution is 0.0689. The number of nitrogens with zero attached hydrogens (tertiary/aromatic N) is 3. The third kappa shape index (κ3) is 2.51. The molecule has 0 aliphatic carbocycles. The predicted octanol–water partition coefficient (Wildman–Crippen LogP) is 1.74. The number of nitriles is 1. The van der Waals surface area contributed by atoms with Crippen molar-refractivity contribution in [3.05, 3.63) is 46.1 Å². The normalized spacial score (nSPS) is 10.1. The van der Waals surface area contributed by atoms with Crippen LogP contribution in [-0.2, 0) is 6.54 Å². The van der Waals surface area contributed by atoms with Crippen molar-refractivity contribution in [2.45, 2.75) is 6.54 Å². The molecule has 0 fully saturated rings. The van der Waals surface area contributed by atoms with E-state index in [9.17, 15) is 4.79 Å². The van der Waals surface area contributed by atoms with Crippen LogP contribution in [0.2, 0.25) is 5.02 Å². The minimum absolute atomic E-state index is 0.0277. The molecule has 96 valence electrons. The third-order valence-corrected chi connectivity index (χ3v) is 2.76. The SMILES string of the molecule is N#Cc1c(C(=O)O)nn(Cc2cccc(Cl)c2)c1N. The van der Waals surface area contributed by atoms with Gasteiger partial charge in [-0.25, -0.2) is 9.48 Å². The summed E-state index contributed by atoms with van der Waals surface area (Å²) in [4.78, 5) is 10.9. The van der Waals surface area contributed by atoms with E-state index < -0.39 is 5.97 Å². The fourth-order valence-corrected chi connectivity index (χ4v) is 1.88. The number of nitrogen functional groups attached to an aromatic ring is 1. The molecule has 0 radical (unpaired) electrons. The summed E-state index contributed by atoms with van der Waals surface area (Å²) in [6.45, 7) is 0.244. The summed E-state index contributed by atoms with van der Waals surface area (Å²) in [5.41, 5.74) is 6.05. The zero-order chi connectivity index (χ0) is 14.0. The first-order chi connectivity index (χ1) is 9.02. The molecule has 0 bridgehead atoms. The van der Waals surface area contributed by atoms with Crippen LogP contribution in [0.5, 0.6) is 0 Å². The van der Waals surface area contributed by atoms with Gasteiger partial charge in [0.25, 0.3) is 0 Å². The number of carboxylic acid groups (broad SMARTS) is 1. The predicted molar refractivity (Wildman–Crippen MR) is 68.9 cm³/mol. The van der Waals surface area contributed by atoms with Gasteiger partial charge in [-0.1, -0.05) is 23.7 Å². The molecule has 0 aliphatic heterocycles. The molecule has 1 aromatic heterocycles. The number of nitrogens with two attached hydrogens (primary N) is 1. The first-order valence-electron chi connectivity index (χ1n) is 5.27. The van der Waals surface area contributed by atoms with E-state index in [0.29, 0.717) is 5.02 Å². The van der Waals surface area contributed by atoms with Crippen molar-refractivity contribution >= 4 is 23.4 Å². The molecular formula is C12H9ClN4O2. The fraction of sp³-hybridized carbons (Fsp3) is 0.0833. The molecule has 6 nitrogen and oxygen atoms in total. The molecule has 0 amide bonds. The Hall–Kier alpha value is -2.52. The number of benzene rings is 1. The van der Waals surface area contributed by atoms with Gasteiger partial charge in [-0.2, -0.15) is 10.4 Å². The van der Waals surface area contributed by atoms with Crippen molar-refractivity contribution in [1.29, 1.82) is 5.26 Å². The highest BCUT2D eigenvalue weighted by molar-refractivity contribution is 6.30. The number of carbonyl (C=O) groups is 1. The monoisotopic (exact) mass is 276 g/mol. The van der Waals surface area contributed by atoms with Crippen LogP contribution < -0.4 is 5.73 Å². The van der Waals surface area contributed by atoms with E-state index in [2.05, 4.69) is 5.10 Å². The van der Waals surface area contributed by atoms with E-state index >= 15 is 0 Å². The molecule has 0 aliphatic rings. The molecule has 0 unspecified atom stereocenters. The summed E-state index contributed by atoms with van der Waals surface area (Å²) in [7, 11) is 0. The fourth-order valence-electron chi connectivity index (χ4n) is 1.66. The van der Waals surface area contributed by atoms with Crippen molar-refractivity contribution in [3.63, 3.8) is 0 Å². The summed E-state index contributed by atoms with van der Waals surface area (Å²) in [5.74, 6) is -1.26. The molecule has 1 heterocycles. The lowest BCUT2D eigenvalue weighted by Crippen LogP contribution is -2.07. The van der Waals surface area contributed by atoms with Crippen LogP contribution in [0.25, 0.3) is 0 Å². The third-order valence-electron chi connectivity index (χ3n) is 2.53.